The number of ether oxygens (including phenoxy) is 3. The van der Waals surface area contributed by atoms with Crippen LogP contribution in [-0.2, 0) is 19.0 Å². The molecule has 0 radical (unpaired) electrons. The number of aliphatic hydroxyl groups is 3. The topological polar surface area (TPSA) is 105 Å². The van der Waals surface area contributed by atoms with E-state index in [0.29, 0.717) is 17.8 Å². The Bertz CT molecular complexity index is 1570. The molecule has 5 aliphatic rings. The second-order valence-electron chi connectivity index (χ2n) is 20.4. The van der Waals surface area contributed by atoms with Gasteiger partial charge >= 0.3 is 5.97 Å². The Morgan fingerprint density at radius 3 is 2.03 bits per heavy atom. The fourth-order valence-corrected chi connectivity index (χ4v) is 12.2. The van der Waals surface area contributed by atoms with E-state index in [1.807, 2.05) is 12.2 Å². The predicted octanol–water partition coefficient (Wildman–Crippen LogP) is 12.2. The molecular weight excluding hydrogens is 773 g/mol. The molecule has 13 atom stereocenters. The van der Waals surface area contributed by atoms with Gasteiger partial charge in [-0.25, -0.2) is 0 Å². The van der Waals surface area contributed by atoms with Gasteiger partial charge < -0.3 is 29.5 Å². The van der Waals surface area contributed by atoms with E-state index in [0.717, 1.165) is 93.8 Å². The van der Waals surface area contributed by atoms with Crippen molar-refractivity contribution in [1.82, 2.24) is 0 Å². The van der Waals surface area contributed by atoms with E-state index in [1.165, 1.54) is 50.5 Å². The molecule has 1 saturated heterocycles. The summed E-state index contributed by atoms with van der Waals surface area (Å²) < 4.78 is 17.9. The number of esters is 1. The van der Waals surface area contributed by atoms with E-state index in [2.05, 4.69) is 108 Å². The highest BCUT2D eigenvalue weighted by Crippen LogP contribution is 2.67. The molecular formula is C55H86O7. The summed E-state index contributed by atoms with van der Waals surface area (Å²) in [7, 11) is 0. The molecule has 7 heteroatoms. The fraction of sp³-hybridized carbons (Fsp3) is 0.727. The zero-order valence-electron chi connectivity index (χ0n) is 39.6. The molecule has 3 saturated carbocycles. The van der Waals surface area contributed by atoms with Gasteiger partial charge in [0.05, 0.1) is 6.10 Å². The molecule has 1 heterocycles. The highest BCUT2D eigenvalue weighted by atomic mass is 16.7. The Labute approximate surface area is 376 Å². The lowest BCUT2D eigenvalue weighted by molar-refractivity contribution is -0.313. The molecule has 7 nitrogen and oxygen atoms in total. The summed E-state index contributed by atoms with van der Waals surface area (Å²) in [6.07, 6.45) is 41.6. The maximum Gasteiger partial charge on any atom is 0.306 e. The molecule has 0 aromatic heterocycles. The summed E-state index contributed by atoms with van der Waals surface area (Å²) in [5.41, 5.74) is 2.10. The van der Waals surface area contributed by atoms with Crippen LogP contribution in [0.1, 0.15) is 164 Å². The second-order valence-corrected chi connectivity index (χ2v) is 20.4. The molecule has 0 spiro atoms. The lowest BCUT2D eigenvalue weighted by atomic mass is 9.47. The largest absolute Gasteiger partial charge is 0.463 e. The van der Waals surface area contributed by atoms with Crippen LogP contribution in [0.2, 0.25) is 0 Å². The number of carbonyl (C=O) groups excluding carboxylic acids is 1. The molecule has 0 aromatic rings. The zero-order valence-corrected chi connectivity index (χ0v) is 39.6. The molecule has 4 aliphatic carbocycles. The van der Waals surface area contributed by atoms with Crippen molar-refractivity contribution < 1.29 is 34.3 Å². The molecule has 3 N–H and O–H groups in total. The first-order valence-electron chi connectivity index (χ1n) is 25.0. The van der Waals surface area contributed by atoms with Gasteiger partial charge in [0.2, 0.25) is 0 Å². The number of fused-ring (bicyclic) bond motifs is 5. The van der Waals surface area contributed by atoms with Gasteiger partial charge in [0, 0.05) is 6.42 Å². The Balaban J connectivity index is 1.00. The van der Waals surface area contributed by atoms with E-state index in [-0.39, 0.29) is 24.5 Å². The van der Waals surface area contributed by atoms with Crippen LogP contribution in [0.5, 0.6) is 0 Å². The van der Waals surface area contributed by atoms with Crippen LogP contribution in [-0.4, -0.2) is 64.7 Å². The minimum atomic E-state index is -1.47. The van der Waals surface area contributed by atoms with E-state index < -0.39 is 36.7 Å². The highest BCUT2D eigenvalue weighted by molar-refractivity contribution is 5.69. The van der Waals surface area contributed by atoms with Crippen LogP contribution in [0, 0.1) is 46.3 Å². The van der Waals surface area contributed by atoms with Gasteiger partial charge in [0.15, 0.2) is 6.29 Å². The smallest absolute Gasteiger partial charge is 0.306 e. The van der Waals surface area contributed by atoms with Crippen molar-refractivity contribution in [3.63, 3.8) is 0 Å². The Morgan fingerprint density at radius 1 is 0.774 bits per heavy atom. The monoisotopic (exact) mass is 859 g/mol. The maximum absolute atomic E-state index is 12.6. The summed E-state index contributed by atoms with van der Waals surface area (Å²) in [4.78, 5) is 12.6. The summed E-state index contributed by atoms with van der Waals surface area (Å²) in [5, 5.41) is 32.5. The molecule has 13 unspecified atom stereocenters. The lowest BCUT2D eigenvalue weighted by Gasteiger charge is -2.58. The third-order valence-electron chi connectivity index (χ3n) is 15.8. The quantitative estimate of drug-likeness (QED) is 0.0694. The average molecular weight is 859 g/mol. The van der Waals surface area contributed by atoms with Crippen LogP contribution < -0.4 is 0 Å². The van der Waals surface area contributed by atoms with Gasteiger partial charge in [0.25, 0.3) is 0 Å². The molecule has 0 amide bonds. The summed E-state index contributed by atoms with van der Waals surface area (Å²) in [6.45, 7) is 14.3. The average Bonchev–Trinajstić information content (AvgIpc) is 3.61. The van der Waals surface area contributed by atoms with Gasteiger partial charge in [0.1, 0.15) is 31.0 Å². The van der Waals surface area contributed by atoms with Crippen molar-refractivity contribution in [3.8, 4) is 0 Å². The lowest BCUT2D eigenvalue weighted by Crippen LogP contribution is -2.60. The first-order chi connectivity index (χ1) is 29.9. The number of carbonyl (C=O) groups is 1. The minimum Gasteiger partial charge on any atom is -0.463 e. The first-order valence-corrected chi connectivity index (χ1v) is 25.0. The standard InChI is InChI=1S/C55H86O7/c1-7-8-9-10-11-12-13-14-15-16-17-18-19-20-21-22-23-24-25-29-49(56)60-39-48-50(57)51(58)52(59)53(62-48)61-43-34-36-54(5)42(38-43)30-31-44-46-33-32-45(41(4)28-26-27-40(2)3)55(46,6)37-35-47(44)54/h8-9,11-12,14-15,17-18,20-21,23-24,30,40-41,43-48,50-53,57-59H,7,10,13,16,19,22,25-29,31-39H2,1-6H3/b9-8-,12-11-,15-14-,18-17-,21-20-,24-23-. The predicted molar refractivity (Wildman–Crippen MR) is 253 cm³/mol. The molecule has 5 rings (SSSR count). The minimum absolute atomic E-state index is 0.158. The maximum atomic E-state index is 12.6. The van der Waals surface area contributed by atoms with E-state index >= 15 is 0 Å². The SMILES string of the molecule is CC/C=C\C/C=C\C/C=C\C/C=C\C/C=C\C/C=C\CCC(=O)OCC1OC(OC2CCC3(C)C(=CCC4C3CCC3(C)C(C(C)CCCC(C)C)CCC43)C2)C(O)C(O)C1O. The van der Waals surface area contributed by atoms with E-state index in [1.54, 1.807) is 0 Å². The number of aliphatic hydroxyl groups excluding tert-OH is 3. The van der Waals surface area contributed by atoms with Crippen molar-refractivity contribution in [2.24, 2.45) is 46.3 Å². The summed E-state index contributed by atoms with van der Waals surface area (Å²) >= 11 is 0. The van der Waals surface area contributed by atoms with Crippen LogP contribution in [0.4, 0.5) is 0 Å². The number of hydrogen-bond acceptors (Lipinski definition) is 7. The zero-order chi connectivity index (χ0) is 44.5. The van der Waals surface area contributed by atoms with E-state index in [9.17, 15) is 20.1 Å². The Hall–Kier alpha value is -2.55. The van der Waals surface area contributed by atoms with Gasteiger partial charge in [-0.05, 0) is 143 Å². The van der Waals surface area contributed by atoms with Crippen molar-refractivity contribution in [3.05, 3.63) is 84.6 Å². The highest BCUT2D eigenvalue weighted by Gasteiger charge is 2.59. The number of rotatable bonds is 23. The third kappa shape index (κ3) is 13.7. The first kappa shape index (κ1) is 50.4. The molecule has 4 fully saturated rings. The fourth-order valence-electron chi connectivity index (χ4n) is 12.2. The molecule has 62 heavy (non-hydrogen) atoms. The number of hydrogen-bond donors (Lipinski definition) is 3. The van der Waals surface area contributed by atoms with Gasteiger partial charge in [-0.2, -0.15) is 0 Å². The van der Waals surface area contributed by atoms with Crippen LogP contribution in [0.3, 0.4) is 0 Å². The third-order valence-corrected chi connectivity index (χ3v) is 15.8. The van der Waals surface area contributed by atoms with Crippen molar-refractivity contribution in [2.45, 2.75) is 200 Å². The number of allylic oxidation sites excluding steroid dienone is 13. The van der Waals surface area contributed by atoms with Crippen LogP contribution in [0.25, 0.3) is 0 Å². The van der Waals surface area contributed by atoms with Crippen molar-refractivity contribution >= 4 is 5.97 Å². The van der Waals surface area contributed by atoms with E-state index in [4.69, 9.17) is 14.2 Å². The van der Waals surface area contributed by atoms with Gasteiger partial charge in [-0.3, -0.25) is 4.79 Å². The van der Waals surface area contributed by atoms with Crippen LogP contribution in [0.15, 0.2) is 84.6 Å². The van der Waals surface area contributed by atoms with Crippen molar-refractivity contribution in [2.75, 3.05) is 6.61 Å². The Morgan fingerprint density at radius 2 is 1.40 bits per heavy atom. The Kier molecular flexibility index (Phi) is 20.5. The molecule has 348 valence electrons. The van der Waals surface area contributed by atoms with Gasteiger partial charge in [-0.1, -0.05) is 145 Å². The second kappa shape index (κ2) is 25.2. The molecule has 0 bridgehead atoms. The summed E-state index contributed by atoms with van der Waals surface area (Å²) in [6, 6.07) is 0. The van der Waals surface area contributed by atoms with Gasteiger partial charge in [-0.15, -0.1) is 0 Å². The van der Waals surface area contributed by atoms with Crippen LogP contribution >= 0.6 is 0 Å². The normalized spacial score (nSPS) is 35.7. The molecule has 0 aromatic carbocycles. The van der Waals surface area contributed by atoms with Crippen molar-refractivity contribution in [1.29, 1.82) is 0 Å². The summed E-state index contributed by atoms with van der Waals surface area (Å²) in [5.74, 6) is 4.30. The molecule has 1 aliphatic heterocycles.